The van der Waals surface area contributed by atoms with Crippen LogP contribution in [0.4, 0.5) is 5.69 Å². The zero-order chi connectivity index (χ0) is 17.7. The van der Waals surface area contributed by atoms with E-state index < -0.39 is 22.1 Å². The lowest BCUT2D eigenvalue weighted by atomic mass is 10.1. The van der Waals surface area contributed by atoms with Gasteiger partial charge in [-0.15, -0.1) is 0 Å². The third-order valence-electron chi connectivity index (χ3n) is 3.10. The summed E-state index contributed by atoms with van der Waals surface area (Å²) in [6.45, 7) is 3.93. The van der Waals surface area contributed by atoms with Crippen molar-refractivity contribution >= 4 is 11.7 Å². The number of ether oxygens (including phenoxy) is 2. The quantitative estimate of drug-likeness (QED) is 0.493. The Balaban J connectivity index is 2.15. The van der Waals surface area contributed by atoms with Crippen molar-refractivity contribution in [2.75, 3.05) is 6.61 Å². The summed E-state index contributed by atoms with van der Waals surface area (Å²) in [5.41, 5.74) is -0.688. The third kappa shape index (κ3) is 4.19. The van der Waals surface area contributed by atoms with Gasteiger partial charge in [-0.05, 0) is 31.5 Å². The molecule has 0 radical (unpaired) electrons. The van der Waals surface area contributed by atoms with Gasteiger partial charge in [-0.1, -0.05) is 12.1 Å². The van der Waals surface area contributed by atoms with Gasteiger partial charge in [-0.2, -0.15) is 0 Å². The maximum atomic E-state index is 12.0. The molecule has 0 aliphatic rings. The second-order valence-electron chi connectivity index (χ2n) is 4.98. The van der Waals surface area contributed by atoms with Crippen molar-refractivity contribution in [1.82, 2.24) is 4.98 Å². The molecule has 2 aromatic rings. The number of aryl methyl sites for hydroxylation is 1. The zero-order valence-electron chi connectivity index (χ0n) is 13.2. The highest BCUT2D eigenvalue weighted by molar-refractivity contribution is 5.76. The molecule has 1 aromatic heterocycles. The fraction of sp³-hybridized carbons (Fsp3) is 0.250. The summed E-state index contributed by atoms with van der Waals surface area (Å²) in [6, 6.07) is 8.07. The molecule has 0 saturated heterocycles. The van der Waals surface area contributed by atoms with Crippen molar-refractivity contribution in [3.05, 3.63) is 62.1 Å². The molecule has 0 amide bonds. The van der Waals surface area contributed by atoms with E-state index in [4.69, 9.17) is 9.47 Å². The highest BCUT2D eigenvalue weighted by Gasteiger charge is 2.23. The molecular formula is C16H16N2O6. The van der Waals surface area contributed by atoms with E-state index >= 15 is 0 Å². The maximum Gasteiger partial charge on any atom is 0.376 e. The Labute approximate surface area is 137 Å². The van der Waals surface area contributed by atoms with Gasteiger partial charge < -0.3 is 14.5 Å². The van der Waals surface area contributed by atoms with E-state index in [0.29, 0.717) is 23.6 Å². The van der Waals surface area contributed by atoms with Gasteiger partial charge in [-0.3, -0.25) is 19.7 Å². The lowest BCUT2D eigenvalue weighted by molar-refractivity contribution is -0.387. The second-order valence-corrected chi connectivity index (χ2v) is 4.98. The van der Waals surface area contributed by atoms with Crippen LogP contribution in [0, 0.1) is 17.0 Å². The zero-order valence-corrected chi connectivity index (χ0v) is 13.2. The molecule has 126 valence electrons. The summed E-state index contributed by atoms with van der Waals surface area (Å²) in [5, 5.41) is 11.0. The molecule has 0 bridgehead atoms. The molecule has 1 aromatic carbocycles. The van der Waals surface area contributed by atoms with Gasteiger partial charge in [0.05, 0.1) is 18.0 Å². The number of esters is 1. The molecule has 1 N–H and O–H groups in total. The fourth-order valence-electron chi connectivity index (χ4n) is 2.10. The van der Waals surface area contributed by atoms with E-state index in [-0.39, 0.29) is 12.2 Å². The van der Waals surface area contributed by atoms with Gasteiger partial charge in [0, 0.05) is 11.8 Å². The summed E-state index contributed by atoms with van der Waals surface area (Å²) in [4.78, 5) is 36.0. The summed E-state index contributed by atoms with van der Waals surface area (Å²) in [6.07, 6.45) is -0.0879. The third-order valence-corrected chi connectivity index (χ3v) is 3.10. The predicted octanol–water partition coefficient (Wildman–Crippen LogP) is 2.14. The van der Waals surface area contributed by atoms with E-state index in [9.17, 15) is 19.7 Å². The number of nitrogens with one attached hydrogen (secondary N) is 1. The van der Waals surface area contributed by atoms with Crippen LogP contribution in [0.25, 0.3) is 0 Å². The predicted molar refractivity (Wildman–Crippen MR) is 85.4 cm³/mol. The summed E-state index contributed by atoms with van der Waals surface area (Å²) in [5.74, 6) is -0.389. The number of carbonyl (C=O) groups excluding carboxylic acids is 1. The number of rotatable bonds is 6. The van der Waals surface area contributed by atoms with E-state index in [1.54, 1.807) is 24.3 Å². The Bertz CT molecular complexity index is 810. The van der Waals surface area contributed by atoms with Crippen molar-refractivity contribution in [2.24, 2.45) is 0 Å². The topological polar surface area (TPSA) is 112 Å². The molecule has 0 atom stereocenters. The van der Waals surface area contributed by atoms with Crippen LogP contribution in [0.5, 0.6) is 11.5 Å². The number of nitrogens with zero attached hydrogens (tertiary/aromatic N) is 1. The van der Waals surface area contributed by atoms with Crippen molar-refractivity contribution in [2.45, 2.75) is 20.3 Å². The molecule has 0 fully saturated rings. The number of carbonyl (C=O) groups is 1. The first-order valence-electron chi connectivity index (χ1n) is 7.21. The Morgan fingerprint density at radius 1 is 1.29 bits per heavy atom. The molecule has 0 saturated carbocycles. The Hall–Kier alpha value is -3.16. The molecule has 0 aliphatic heterocycles. The second kappa shape index (κ2) is 7.40. The van der Waals surface area contributed by atoms with E-state index in [2.05, 4.69) is 4.98 Å². The molecule has 0 spiro atoms. The van der Waals surface area contributed by atoms with Crippen LogP contribution in [0.15, 0.2) is 35.1 Å². The Morgan fingerprint density at radius 2 is 1.96 bits per heavy atom. The lowest BCUT2D eigenvalue weighted by Crippen LogP contribution is -2.18. The number of hydrogen-bond donors (Lipinski definition) is 1. The van der Waals surface area contributed by atoms with Gasteiger partial charge in [0.25, 0.3) is 0 Å². The number of H-pyrrole nitrogens is 1. The smallest absolute Gasteiger partial charge is 0.376 e. The monoisotopic (exact) mass is 332 g/mol. The minimum atomic E-state index is -0.913. The number of aromatic nitrogens is 1. The summed E-state index contributed by atoms with van der Waals surface area (Å²) >= 11 is 0. The van der Waals surface area contributed by atoms with Gasteiger partial charge in [0.2, 0.25) is 5.75 Å². The van der Waals surface area contributed by atoms with Gasteiger partial charge >= 0.3 is 17.2 Å². The molecular weight excluding hydrogens is 316 g/mol. The van der Waals surface area contributed by atoms with E-state index in [1.165, 1.54) is 13.0 Å². The summed E-state index contributed by atoms with van der Waals surface area (Å²) in [7, 11) is 0. The highest BCUT2D eigenvalue weighted by Crippen LogP contribution is 2.23. The number of aromatic amines is 1. The average Bonchev–Trinajstić information content (AvgIpc) is 2.48. The number of hydrogen-bond acceptors (Lipinski definition) is 6. The Kier molecular flexibility index (Phi) is 5.31. The van der Waals surface area contributed by atoms with Crippen LogP contribution in [0.2, 0.25) is 0 Å². The summed E-state index contributed by atoms with van der Waals surface area (Å²) < 4.78 is 10.3. The molecule has 8 heteroatoms. The van der Waals surface area contributed by atoms with Crippen LogP contribution in [-0.2, 0) is 11.2 Å². The van der Waals surface area contributed by atoms with Crippen molar-refractivity contribution in [1.29, 1.82) is 0 Å². The fourth-order valence-corrected chi connectivity index (χ4v) is 2.10. The normalized spacial score (nSPS) is 10.2. The minimum absolute atomic E-state index is 0.0879. The van der Waals surface area contributed by atoms with Crippen molar-refractivity contribution in [3.63, 3.8) is 0 Å². The molecule has 1 heterocycles. The standard InChI is InChI=1S/C16H16N2O6/c1-3-23-12-6-4-11(5-7-12)9-14(19)24-13-8-10(2)17-16(20)15(13)18(21)22/h4-8H,3,9H2,1-2H3,(H,17,20). The molecule has 8 nitrogen and oxygen atoms in total. The first-order chi connectivity index (χ1) is 11.4. The van der Waals surface area contributed by atoms with Crippen molar-refractivity contribution in [3.8, 4) is 11.5 Å². The molecule has 0 unspecified atom stereocenters. The van der Waals surface area contributed by atoms with Gasteiger partial charge in [0.1, 0.15) is 5.75 Å². The van der Waals surface area contributed by atoms with Crippen LogP contribution in [0.1, 0.15) is 18.2 Å². The Morgan fingerprint density at radius 3 is 2.54 bits per heavy atom. The van der Waals surface area contributed by atoms with E-state index in [1.807, 2.05) is 6.92 Å². The first kappa shape index (κ1) is 17.2. The molecule has 24 heavy (non-hydrogen) atoms. The molecule has 2 rings (SSSR count). The molecule has 0 aliphatic carbocycles. The van der Waals surface area contributed by atoms with Crippen LogP contribution >= 0.6 is 0 Å². The van der Waals surface area contributed by atoms with Crippen LogP contribution < -0.4 is 15.0 Å². The average molecular weight is 332 g/mol. The van der Waals surface area contributed by atoms with Crippen LogP contribution in [0.3, 0.4) is 0 Å². The first-order valence-corrected chi connectivity index (χ1v) is 7.21. The van der Waals surface area contributed by atoms with E-state index in [0.717, 1.165) is 0 Å². The van der Waals surface area contributed by atoms with Crippen molar-refractivity contribution < 1.29 is 19.2 Å². The maximum absolute atomic E-state index is 12.0. The minimum Gasteiger partial charge on any atom is -0.494 e. The lowest BCUT2D eigenvalue weighted by Gasteiger charge is -2.07. The largest absolute Gasteiger partial charge is 0.494 e. The number of nitro groups is 1. The SMILES string of the molecule is CCOc1ccc(CC(=O)Oc2cc(C)[nH]c(=O)c2[N+](=O)[O-])cc1. The highest BCUT2D eigenvalue weighted by atomic mass is 16.6. The van der Waals surface area contributed by atoms with Gasteiger partial charge in [-0.25, -0.2) is 0 Å². The number of benzene rings is 1. The van der Waals surface area contributed by atoms with Gasteiger partial charge in [0.15, 0.2) is 0 Å². The number of pyridine rings is 1. The van der Waals surface area contributed by atoms with Crippen LogP contribution in [-0.4, -0.2) is 22.5 Å².